The molecule has 2 aromatic carbocycles. The Morgan fingerprint density at radius 3 is 2.45 bits per heavy atom. The fraction of sp³-hybridized carbons (Fsp3) is 0.0714. The summed E-state index contributed by atoms with van der Waals surface area (Å²) in [7, 11) is 0. The minimum absolute atomic E-state index is 0.326. The summed E-state index contributed by atoms with van der Waals surface area (Å²) in [5, 5.41) is 6.34. The van der Waals surface area contributed by atoms with Gasteiger partial charge in [0.1, 0.15) is 0 Å². The molecule has 20 heavy (non-hydrogen) atoms. The molecule has 2 aromatic rings. The Balaban J connectivity index is 2.07. The van der Waals surface area contributed by atoms with Crippen LogP contribution < -0.4 is 10.6 Å². The Hall–Kier alpha value is -0.980. The van der Waals surface area contributed by atoms with Crippen molar-refractivity contribution in [3.8, 4) is 0 Å². The van der Waals surface area contributed by atoms with Crippen molar-refractivity contribution < 1.29 is 4.79 Å². The van der Waals surface area contributed by atoms with E-state index in [9.17, 15) is 4.79 Å². The second-order valence-electron chi connectivity index (χ2n) is 4.17. The third-order valence-corrected chi connectivity index (χ3v) is 4.02. The van der Waals surface area contributed by atoms with Gasteiger partial charge >= 0.3 is 6.03 Å². The summed E-state index contributed by atoms with van der Waals surface area (Å²) in [6.07, 6.45) is 0. The van der Waals surface area contributed by atoms with Gasteiger partial charge in [0.25, 0.3) is 0 Å². The summed E-state index contributed by atoms with van der Waals surface area (Å²) >= 11 is 13.9. The number of carbonyl (C=O) groups excluding carboxylic acids is 1. The molecule has 3 nitrogen and oxygen atoms in total. The van der Waals surface area contributed by atoms with Gasteiger partial charge in [-0.25, -0.2) is 4.79 Å². The number of hydrogen-bond donors (Lipinski definition) is 2. The second kappa shape index (κ2) is 6.65. The first-order chi connectivity index (χ1) is 9.45. The number of amides is 2. The summed E-state index contributed by atoms with van der Waals surface area (Å²) in [5.74, 6) is 0. The molecule has 0 bridgehead atoms. The van der Waals surface area contributed by atoms with Gasteiger partial charge in [-0.2, -0.15) is 0 Å². The van der Waals surface area contributed by atoms with Crippen LogP contribution in [-0.2, 0) is 0 Å². The third-order valence-electron chi connectivity index (χ3n) is 2.61. The number of rotatable bonds is 2. The fourth-order valence-corrected chi connectivity index (χ4v) is 2.57. The van der Waals surface area contributed by atoms with E-state index in [-0.39, 0.29) is 6.03 Å². The topological polar surface area (TPSA) is 41.1 Å². The lowest BCUT2D eigenvalue weighted by Crippen LogP contribution is -2.19. The van der Waals surface area contributed by atoms with Crippen molar-refractivity contribution in [2.45, 2.75) is 6.92 Å². The minimum atomic E-state index is -0.326. The summed E-state index contributed by atoms with van der Waals surface area (Å²) in [4.78, 5) is 11.9. The Labute approximate surface area is 140 Å². The first kappa shape index (κ1) is 15.4. The van der Waals surface area contributed by atoms with Crippen molar-refractivity contribution in [3.63, 3.8) is 0 Å². The molecule has 0 aliphatic rings. The number of urea groups is 1. The average Bonchev–Trinajstić information content (AvgIpc) is 2.37. The highest BCUT2D eigenvalue weighted by molar-refractivity contribution is 14.1. The summed E-state index contributed by atoms with van der Waals surface area (Å²) in [6, 6.07) is 10.4. The lowest BCUT2D eigenvalue weighted by Gasteiger charge is -2.10. The maximum atomic E-state index is 11.9. The lowest BCUT2D eigenvalue weighted by molar-refractivity contribution is 0.262. The van der Waals surface area contributed by atoms with Crippen LogP contribution in [0.4, 0.5) is 16.2 Å². The lowest BCUT2D eigenvalue weighted by atomic mass is 10.2. The van der Waals surface area contributed by atoms with Gasteiger partial charge in [-0.3, -0.25) is 0 Å². The maximum Gasteiger partial charge on any atom is 0.323 e. The van der Waals surface area contributed by atoms with E-state index in [4.69, 9.17) is 23.2 Å². The first-order valence-electron chi connectivity index (χ1n) is 5.75. The van der Waals surface area contributed by atoms with Crippen molar-refractivity contribution in [1.29, 1.82) is 0 Å². The monoisotopic (exact) mass is 420 g/mol. The van der Waals surface area contributed by atoms with E-state index in [1.165, 1.54) is 0 Å². The highest BCUT2D eigenvalue weighted by Gasteiger charge is 2.06. The van der Waals surface area contributed by atoms with Crippen LogP contribution in [-0.4, -0.2) is 6.03 Å². The molecule has 0 atom stereocenters. The number of anilines is 2. The zero-order chi connectivity index (χ0) is 14.7. The maximum absolute atomic E-state index is 11.9. The van der Waals surface area contributed by atoms with E-state index in [1.807, 2.05) is 25.1 Å². The molecule has 0 aliphatic heterocycles. The smallest absolute Gasteiger partial charge is 0.308 e. The van der Waals surface area contributed by atoms with Gasteiger partial charge in [0.2, 0.25) is 0 Å². The largest absolute Gasteiger partial charge is 0.323 e. The molecule has 2 N–H and O–H groups in total. The van der Waals surface area contributed by atoms with Crippen LogP contribution in [0.5, 0.6) is 0 Å². The Morgan fingerprint density at radius 2 is 1.80 bits per heavy atom. The highest BCUT2D eigenvalue weighted by atomic mass is 127. The normalized spacial score (nSPS) is 10.2. The molecule has 2 rings (SSSR count). The summed E-state index contributed by atoms with van der Waals surface area (Å²) < 4.78 is 1.12. The Morgan fingerprint density at radius 1 is 1.05 bits per heavy atom. The van der Waals surface area contributed by atoms with Crippen LogP contribution in [0.25, 0.3) is 0 Å². The summed E-state index contributed by atoms with van der Waals surface area (Å²) in [5.41, 5.74) is 2.35. The van der Waals surface area contributed by atoms with E-state index in [0.717, 1.165) is 14.8 Å². The van der Waals surface area contributed by atoms with Gasteiger partial charge in [-0.05, 0) is 71.5 Å². The molecule has 0 unspecified atom stereocenters. The molecule has 0 aliphatic carbocycles. The van der Waals surface area contributed by atoms with Crippen LogP contribution in [0.2, 0.25) is 10.0 Å². The highest BCUT2D eigenvalue weighted by Crippen LogP contribution is 2.25. The van der Waals surface area contributed by atoms with Gasteiger partial charge in [0.05, 0.1) is 10.0 Å². The molecule has 0 heterocycles. The van der Waals surface area contributed by atoms with Crippen LogP contribution >= 0.6 is 45.8 Å². The minimum Gasteiger partial charge on any atom is -0.308 e. The van der Waals surface area contributed by atoms with Crippen LogP contribution in [0, 0.1) is 10.5 Å². The molecular weight excluding hydrogens is 410 g/mol. The predicted octanol–water partition coefficient (Wildman–Crippen LogP) is 5.55. The molecule has 0 fully saturated rings. The molecule has 2 amide bonds. The van der Waals surface area contributed by atoms with Gasteiger partial charge in [-0.15, -0.1) is 0 Å². The quantitative estimate of drug-likeness (QED) is 0.614. The van der Waals surface area contributed by atoms with Crippen molar-refractivity contribution in [2.24, 2.45) is 0 Å². The molecule has 0 aromatic heterocycles. The Kier molecular flexibility index (Phi) is 5.12. The number of aryl methyl sites for hydroxylation is 1. The van der Waals surface area contributed by atoms with Crippen molar-refractivity contribution >= 4 is 63.2 Å². The van der Waals surface area contributed by atoms with Gasteiger partial charge in [0, 0.05) is 14.9 Å². The molecule has 104 valence electrons. The summed E-state index contributed by atoms with van der Waals surface area (Å²) in [6.45, 7) is 1.94. The number of nitrogens with one attached hydrogen (secondary N) is 2. The molecule has 0 spiro atoms. The standard InChI is InChI=1S/C14H11Cl2IN2O/c1-8-6-9(17)2-5-13(8)19-14(20)18-10-3-4-11(15)12(16)7-10/h2-7H,1H3,(H2,18,19,20). The average molecular weight is 421 g/mol. The fourth-order valence-electron chi connectivity index (χ4n) is 1.63. The molecule has 0 saturated heterocycles. The molecular formula is C14H11Cl2IN2O. The zero-order valence-corrected chi connectivity index (χ0v) is 14.2. The van der Waals surface area contributed by atoms with Crippen molar-refractivity contribution in [2.75, 3.05) is 10.6 Å². The van der Waals surface area contributed by atoms with Crippen LogP contribution in [0.3, 0.4) is 0 Å². The molecule has 0 radical (unpaired) electrons. The van der Waals surface area contributed by atoms with E-state index in [1.54, 1.807) is 18.2 Å². The predicted molar refractivity (Wildman–Crippen MR) is 93.0 cm³/mol. The van der Waals surface area contributed by atoms with Crippen molar-refractivity contribution in [3.05, 3.63) is 55.6 Å². The van der Waals surface area contributed by atoms with Gasteiger partial charge < -0.3 is 10.6 Å². The number of benzene rings is 2. The third kappa shape index (κ3) is 4.01. The van der Waals surface area contributed by atoms with Gasteiger partial charge in [-0.1, -0.05) is 23.2 Å². The van der Waals surface area contributed by atoms with E-state index in [2.05, 4.69) is 33.2 Å². The second-order valence-corrected chi connectivity index (χ2v) is 6.23. The SMILES string of the molecule is Cc1cc(I)ccc1NC(=O)Nc1ccc(Cl)c(Cl)c1. The van der Waals surface area contributed by atoms with Crippen molar-refractivity contribution in [1.82, 2.24) is 0 Å². The number of hydrogen-bond acceptors (Lipinski definition) is 1. The molecule has 6 heteroatoms. The zero-order valence-electron chi connectivity index (χ0n) is 10.5. The van der Waals surface area contributed by atoms with E-state index < -0.39 is 0 Å². The molecule has 0 saturated carbocycles. The number of halogens is 3. The van der Waals surface area contributed by atoms with Crippen LogP contribution in [0.1, 0.15) is 5.56 Å². The van der Waals surface area contributed by atoms with E-state index >= 15 is 0 Å². The van der Waals surface area contributed by atoms with E-state index in [0.29, 0.717) is 15.7 Å². The number of carbonyl (C=O) groups is 1. The van der Waals surface area contributed by atoms with Gasteiger partial charge in [0.15, 0.2) is 0 Å². The Bertz CT molecular complexity index is 662. The first-order valence-corrected chi connectivity index (χ1v) is 7.58. The van der Waals surface area contributed by atoms with Crippen LogP contribution in [0.15, 0.2) is 36.4 Å².